The van der Waals surface area contributed by atoms with Crippen molar-refractivity contribution < 1.29 is 4.39 Å². The Hall–Kier alpha value is -1.45. The molecule has 1 atom stereocenters. The van der Waals surface area contributed by atoms with Crippen LogP contribution < -0.4 is 0 Å². The standard InChI is InChI=1S/C20H22FNS/c1-13-11-16-12-22(10-9-19(16)23-13)20(14(2)15-7-8-15)17-5-3-4-6-18(17)21/h3-6,11,15,20H,2,7-10,12H2,1H3. The Bertz CT molecular complexity index is 744. The van der Waals surface area contributed by atoms with Gasteiger partial charge in [-0.05, 0) is 49.8 Å². The van der Waals surface area contributed by atoms with Crippen LogP contribution >= 0.6 is 11.3 Å². The largest absolute Gasteiger partial charge is 0.288 e. The van der Waals surface area contributed by atoms with Crippen molar-refractivity contribution in [3.8, 4) is 0 Å². The van der Waals surface area contributed by atoms with Crippen LogP contribution in [0.4, 0.5) is 4.39 Å². The van der Waals surface area contributed by atoms with Crippen molar-refractivity contribution in [3.05, 3.63) is 69.2 Å². The highest BCUT2D eigenvalue weighted by molar-refractivity contribution is 7.12. The summed E-state index contributed by atoms with van der Waals surface area (Å²) < 4.78 is 14.5. The van der Waals surface area contributed by atoms with Crippen molar-refractivity contribution in [2.45, 2.75) is 38.8 Å². The zero-order valence-electron chi connectivity index (χ0n) is 13.5. The molecule has 1 nitrogen and oxygen atoms in total. The second-order valence-corrected chi connectivity index (χ2v) is 8.14. The van der Waals surface area contributed by atoms with E-state index >= 15 is 0 Å². The van der Waals surface area contributed by atoms with Crippen molar-refractivity contribution >= 4 is 11.3 Å². The van der Waals surface area contributed by atoms with Crippen LogP contribution in [0.5, 0.6) is 0 Å². The summed E-state index contributed by atoms with van der Waals surface area (Å²) in [7, 11) is 0. The normalized spacial score (nSPS) is 19.4. The van der Waals surface area contributed by atoms with E-state index in [0.29, 0.717) is 5.92 Å². The van der Waals surface area contributed by atoms with E-state index in [4.69, 9.17) is 0 Å². The minimum absolute atomic E-state index is 0.0112. The molecule has 1 fully saturated rings. The molecule has 0 amide bonds. The predicted octanol–water partition coefficient (Wildman–Crippen LogP) is 5.26. The first-order chi connectivity index (χ1) is 11.1. The SMILES string of the molecule is C=C(C1CC1)C(c1ccccc1F)N1CCc2sc(C)cc2C1. The van der Waals surface area contributed by atoms with Gasteiger partial charge < -0.3 is 0 Å². The van der Waals surface area contributed by atoms with Gasteiger partial charge in [0, 0.05) is 28.4 Å². The number of aryl methyl sites for hydroxylation is 1. The van der Waals surface area contributed by atoms with Gasteiger partial charge in [0.2, 0.25) is 0 Å². The summed E-state index contributed by atoms with van der Waals surface area (Å²) in [6.07, 6.45) is 3.48. The first kappa shape index (κ1) is 15.1. The molecule has 1 aliphatic heterocycles. The molecule has 0 radical (unpaired) electrons. The first-order valence-corrected chi connectivity index (χ1v) is 9.20. The minimum Gasteiger partial charge on any atom is -0.288 e. The third-order valence-electron chi connectivity index (χ3n) is 5.04. The quantitative estimate of drug-likeness (QED) is 0.692. The van der Waals surface area contributed by atoms with Crippen LogP contribution in [0, 0.1) is 18.7 Å². The smallest absolute Gasteiger partial charge is 0.128 e. The van der Waals surface area contributed by atoms with Gasteiger partial charge in [0.1, 0.15) is 5.82 Å². The summed E-state index contributed by atoms with van der Waals surface area (Å²) >= 11 is 1.91. The van der Waals surface area contributed by atoms with E-state index in [-0.39, 0.29) is 11.9 Å². The molecule has 0 bridgehead atoms. The van der Waals surface area contributed by atoms with Crippen molar-refractivity contribution in [1.29, 1.82) is 0 Å². The Morgan fingerprint density at radius 3 is 2.87 bits per heavy atom. The maximum absolute atomic E-state index is 14.5. The van der Waals surface area contributed by atoms with Crippen LogP contribution in [-0.4, -0.2) is 11.4 Å². The molecule has 1 aromatic carbocycles. The monoisotopic (exact) mass is 327 g/mol. The van der Waals surface area contributed by atoms with Crippen LogP contribution in [0.25, 0.3) is 0 Å². The third kappa shape index (κ3) is 2.88. The van der Waals surface area contributed by atoms with Gasteiger partial charge in [-0.25, -0.2) is 4.39 Å². The summed E-state index contributed by atoms with van der Waals surface area (Å²) in [5.41, 5.74) is 3.41. The lowest BCUT2D eigenvalue weighted by atomic mass is 9.92. The van der Waals surface area contributed by atoms with E-state index in [0.717, 1.165) is 25.1 Å². The molecule has 2 aliphatic rings. The van der Waals surface area contributed by atoms with Crippen molar-refractivity contribution in [2.75, 3.05) is 6.54 Å². The van der Waals surface area contributed by atoms with E-state index in [2.05, 4.69) is 24.5 Å². The third-order valence-corrected chi connectivity index (χ3v) is 6.19. The lowest BCUT2D eigenvalue weighted by Crippen LogP contribution is -2.35. The summed E-state index contributed by atoms with van der Waals surface area (Å²) in [6.45, 7) is 8.43. The van der Waals surface area contributed by atoms with Crippen LogP contribution in [0.2, 0.25) is 0 Å². The average Bonchev–Trinajstić information content (AvgIpc) is 3.31. The summed E-state index contributed by atoms with van der Waals surface area (Å²) in [5, 5.41) is 0. The van der Waals surface area contributed by atoms with Crippen LogP contribution in [0.1, 0.15) is 39.8 Å². The van der Waals surface area contributed by atoms with Gasteiger partial charge in [-0.2, -0.15) is 0 Å². The van der Waals surface area contributed by atoms with Crippen LogP contribution in [0.3, 0.4) is 0 Å². The highest BCUT2D eigenvalue weighted by atomic mass is 32.1. The Balaban J connectivity index is 1.68. The summed E-state index contributed by atoms with van der Waals surface area (Å²) in [5.74, 6) is 0.469. The fourth-order valence-electron chi connectivity index (χ4n) is 3.73. The number of rotatable bonds is 4. The number of fused-ring (bicyclic) bond motifs is 1. The predicted molar refractivity (Wildman–Crippen MR) is 94.2 cm³/mol. The highest BCUT2D eigenvalue weighted by Gasteiger charge is 2.36. The molecule has 3 heteroatoms. The molecular weight excluding hydrogens is 305 g/mol. The molecule has 120 valence electrons. The lowest BCUT2D eigenvalue weighted by Gasteiger charge is -2.36. The number of hydrogen-bond donors (Lipinski definition) is 0. The summed E-state index contributed by atoms with van der Waals surface area (Å²) in [6, 6.07) is 9.53. The Kier molecular flexibility index (Phi) is 3.86. The van der Waals surface area contributed by atoms with Crippen molar-refractivity contribution in [2.24, 2.45) is 5.92 Å². The number of halogens is 1. The molecule has 4 rings (SSSR count). The fourth-order valence-corrected chi connectivity index (χ4v) is 4.77. The summed E-state index contributed by atoms with van der Waals surface area (Å²) in [4.78, 5) is 5.30. The lowest BCUT2D eigenvalue weighted by molar-refractivity contribution is 0.197. The van der Waals surface area contributed by atoms with E-state index in [1.807, 2.05) is 23.5 Å². The van der Waals surface area contributed by atoms with Gasteiger partial charge in [-0.15, -0.1) is 11.3 Å². The molecule has 23 heavy (non-hydrogen) atoms. The number of hydrogen-bond acceptors (Lipinski definition) is 2. The topological polar surface area (TPSA) is 3.24 Å². The molecule has 1 aliphatic carbocycles. The first-order valence-electron chi connectivity index (χ1n) is 8.39. The Labute approximate surface area is 141 Å². The Morgan fingerprint density at radius 1 is 1.35 bits per heavy atom. The minimum atomic E-state index is -0.105. The van der Waals surface area contributed by atoms with Gasteiger partial charge in [0.25, 0.3) is 0 Å². The molecule has 0 N–H and O–H groups in total. The van der Waals surface area contributed by atoms with Gasteiger partial charge in [-0.1, -0.05) is 30.4 Å². The average molecular weight is 327 g/mol. The van der Waals surface area contributed by atoms with E-state index in [1.165, 1.54) is 33.7 Å². The van der Waals surface area contributed by atoms with Gasteiger partial charge in [0.15, 0.2) is 0 Å². The number of nitrogens with zero attached hydrogens (tertiary/aromatic N) is 1. The van der Waals surface area contributed by atoms with Crippen molar-refractivity contribution in [1.82, 2.24) is 4.90 Å². The zero-order valence-corrected chi connectivity index (χ0v) is 14.3. The van der Waals surface area contributed by atoms with E-state index in [9.17, 15) is 4.39 Å². The number of thiophene rings is 1. The number of benzene rings is 1. The molecule has 2 heterocycles. The fraction of sp³-hybridized carbons (Fsp3) is 0.400. The van der Waals surface area contributed by atoms with E-state index in [1.54, 1.807) is 12.1 Å². The van der Waals surface area contributed by atoms with Crippen LogP contribution in [0.15, 0.2) is 42.5 Å². The molecule has 1 unspecified atom stereocenters. The second-order valence-electron chi connectivity index (χ2n) is 6.80. The molecule has 1 saturated carbocycles. The van der Waals surface area contributed by atoms with Gasteiger partial charge in [0.05, 0.1) is 6.04 Å². The van der Waals surface area contributed by atoms with E-state index < -0.39 is 0 Å². The second kappa shape index (κ2) is 5.88. The maximum atomic E-state index is 14.5. The zero-order chi connectivity index (χ0) is 16.0. The van der Waals surface area contributed by atoms with Crippen molar-refractivity contribution in [3.63, 3.8) is 0 Å². The molecule has 0 saturated heterocycles. The van der Waals surface area contributed by atoms with Gasteiger partial charge >= 0.3 is 0 Å². The molecule has 1 aromatic heterocycles. The van der Waals surface area contributed by atoms with Crippen LogP contribution in [-0.2, 0) is 13.0 Å². The molecular formula is C20H22FNS. The Morgan fingerprint density at radius 2 is 2.13 bits per heavy atom. The van der Waals surface area contributed by atoms with Gasteiger partial charge in [-0.3, -0.25) is 4.90 Å². The maximum Gasteiger partial charge on any atom is 0.128 e. The molecule has 0 spiro atoms. The highest BCUT2D eigenvalue weighted by Crippen LogP contribution is 2.45. The molecule has 2 aromatic rings.